The van der Waals surface area contributed by atoms with E-state index in [0.717, 1.165) is 17.3 Å². The van der Waals surface area contributed by atoms with Crippen molar-refractivity contribution < 1.29 is 24.3 Å². The van der Waals surface area contributed by atoms with Crippen LogP contribution in [0.1, 0.15) is 11.1 Å². The Labute approximate surface area is 159 Å². The van der Waals surface area contributed by atoms with E-state index in [9.17, 15) is 14.8 Å². The topological polar surface area (TPSA) is 97.2 Å². The van der Waals surface area contributed by atoms with Crippen LogP contribution >= 0.6 is 11.8 Å². The lowest BCUT2D eigenvalue weighted by Gasteiger charge is -2.09. The van der Waals surface area contributed by atoms with E-state index in [1.54, 1.807) is 61.7 Å². The van der Waals surface area contributed by atoms with Gasteiger partial charge in [-0.25, -0.2) is 0 Å². The summed E-state index contributed by atoms with van der Waals surface area (Å²) in [6.07, 6.45) is 1.63. The van der Waals surface area contributed by atoms with Gasteiger partial charge in [0.25, 0.3) is 11.1 Å². The minimum absolute atomic E-state index is 0.0663. The molecule has 0 aromatic heterocycles. The zero-order valence-electron chi connectivity index (χ0n) is 14.3. The number of rotatable bonds is 6. The van der Waals surface area contributed by atoms with Crippen LogP contribution in [0, 0.1) is 0 Å². The smallest absolute Gasteiger partial charge is 0.290 e. The van der Waals surface area contributed by atoms with Gasteiger partial charge in [-0.3, -0.25) is 14.9 Å². The highest BCUT2D eigenvalue weighted by Crippen LogP contribution is 2.26. The lowest BCUT2D eigenvalue weighted by Crippen LogP contribution is -2.17. The molecular formula is C19H16N2O5S. The number of thioether (sulfide) groups is 1. The Morgan fingerprint density at radius 3 is 2.59 bits per heavy atom. The molecule has 0 unspecified atom stereocenters. The van der Waals surface area contributed by atoms with Crippen molar-refractivity contribution in [3.8, 4) is 11.5 Å². The second-order valence-corrected chi connectivity index (χ2v) is 6.50. The van der Waals surface area contributed by atoms with E-state index >= 15 is 0 Å². The molecule has 1 aliphatic heterocycles. The standard InChI is InChI=1S/C19H16N2O5S/c1-25-15-4-2-3-13(10-15)16(21-24)11-26-14-7-5-12(6-8-14)9-17-18(22)20-19(23)27-17/h2-10,24H,11H2,1H3,(H,20,22,23)/b17-9-,21-16?. The fourth-order valence-corrected chi connectivity index (χ4v) is 3.04. The molecule has 7 nitrogen and oxygen atoms in total. The van der Waals surface area contributed by atoms with Crippen LogP contribution < -0.4 is 14.8 Å². The summed E-state index contributed by atoms with van der Waals surface area (Å²) >= 11 is 0.867. The third kappa shape index (κ3) is 4.68. The average molecular weight is 384 g/mol. The van der Waals surface area contributed by atoms with Crippen molar-refractivity contribution in [2.24, 2.45) is 5.16 Å². The fourth-order valence-electron chi connectivity index (χ4n) is 2.36. The SMILES string of the molecule is COc1cccc(C(COc2ccc(/C=C3\SC(=O)NC3=O)cc2)=NO)c1. The maximum absolute atomic E-state index is 11.6. The quantitative estimate of drug-likeness (QED) is 0.343. The van der Waals surface area contributed by atoms with Crippen LogP contribution in [0.4, 0.5) is 4.79 Å². The molecule has 1 aliphatic rings. The van der Waals surface area contributed by atoms with Crippen molar-refractivity contribution >= 4 is 34.7 Å². The Bertz CT molecular complexity index is 922. The van der Waals surface area contributed by atoms with Gasteiger partial charge in [0.1, 0.15) is 23.8 Å². The number of methoxy groups -OCH3 is 1. The average Bonchev–Trinajstić information content (AvgIpc) is 3.00. The van der Waals surface area contributed by atoms with Gasteiger partial charge < -0.3 is 14.7 Å². The monoisotopic (exact) mass is 384 g/mol. The Hall–Kier alpha value is -3.26. The third-order valence-electron chi connectivity index (χ3n) is 3.72. The Morgan fingerprint density at radius 2 is 1.96 bits per heavy atom. The number of hydrogen-bond acceptors (Lipinski definition) is 7. The number of ether oxygens (including phenoxy) is 2. The molecule has 1 fully saturated rings. The zero-order chi connectivity index (χ0) is 19.2. The van der Waals surface area contributed by atoms with E-state index in [4.69, 9.17) is 9.47 Å². The number of oxime groups is 1. The van der Waals surface area contributed by atoms with Gasteiger partial charge in [-0.05, 0) is 47.7 Å². The highest BCUT2D eigenvalue weighted by Gasteiger charge is 2.24. The van der Waals surface area contributed by atoms with Crippen LogP contribution in [0.25, 0.3) is 6.08 Å². The molecule has 2 N–H and O–H groups in total. The maximum Gasteiger partial charge on any atom is 0.290 e. The summed E-state index contributed by atoms with van der Waals surface area (Å²) in [4.78, 5) is 23.1. The van der Waals surface area contributed by atoms with Crippen molar-refractivity contribution in [2.75, 3.05) is 13.7 Å². The molecule has 8 heteroatoms. The summed E-state index contributed by atoms with van der Waals surface area (Å²) in [7, 11) is 1.56. The molecule has 0 atom stereocenters. The number of amides is 2. The highest BCUT2D eigenvalue weighted by molar-refractivity contribution is 8.18. The summed E-state index contributed by atoms with van der Waals surface area (Å²) in [6, 6.07) is 14.1. The van der Waals surface area contributed by atoms with Gasteiger partial charge in [0.05, 0.1) is 12.0 Å². The summed E-state index contributed by atoms with van der Waals surface area (Å²) in [5.41, 5.74) is 1.81. The number of carbonyl (C=O) groups is 2. The van der Waals surface area contributed by atoms with Gasteiger partial charge in [-0.2, -0.15) is 0 Å². The zero-order valence-corrected chi connectivity index (χ0v) is 15.2. The van der Waals surface area contributed by atoms with Crippen LogP contribution in [0.15, 0.2) is 58.6 Å². The highest BCUT2D eigenvalue weighted by atomic mass is 32.2. The largest absolute Gasteiger partial charge is 0.497 e. The number of nitrogens with zero attached hydrogens (tertiary/aromatic N) is 1. The van der Waals surface area contributed by atoms with Gasteiger partial charge in [-0.15, -0.1) is 0 Å². The number of nitrogens with one attached hydrogen (secondary N) is 1. The van der Waals surface area contributed by atoms with Crippen molar-refractivity contribution in [3.63, 3.8) is 0 Å². The number of carbonyl (C=O) groups excluding carboxylic acids is 2. The Morgan fingerprint density at radius 1 is 1.19 bits per heavy atom. The predicted molar refractivity (Wildman–Crippen MR) is 102 cm³/mol. The molecule has 0 bridgehead atoms. The molecule has 0 aliphatic carbocycles. The molecule has 138 valence electrons. The predicted octanol–water partition coefficient (Wildman–Crippen LogP) is 3.28. The molecule has 0 radical (unpaired) electrons. The summed E-state index contributed by atoms with van der Waals surface area (Å²) in [5, 5.41) is 14.4. The first-order valence-electron chi connectivity index (χ1n) is 7.92. The molecule has 3 rings (SSSR count). The summed E-state index contributed by atoms with van der Waals surface area (Å²) < 4.78 is 10.8. The van der Waals surface area contributed by atoms with Gasteiger partial charge in [0.15, 0.2) is 0 Å². The first-order valence-corrected chi connectivity index (χ1v) is 8.74. The van der Waals surface area contributed by atoms with Crippen molar-refractivity contribution in [1.82, 2.24) is 5.32 Å². The van der Waals surface area contributed by atoms with Gasteiger partial charge in [0.2, 0.25) is 0 Å². The van der Waals surface area contributed by atoms with Crippen molar-refractivity contribution in [2.45, 2.75) is 0 Å². The molecule has 0 spiro atoms. The third-order valence-corrected chi connectivity index (χ3v) is 4.53. The molecule has 2 amide bonds. The second-order valence-electron chi connectivity index (χ2n) is 5.49. The van der Waals surface area contributed by atoms with Crippen LogP contribution in [0.3, 0.4) is 0 Å². The van der Waals surface area contributed by atoms with E-state index in [0.29, 0.717) is 27.7 Å². The summed E-state index contributed by atoms with van der Waals surface area (Å²) in [5.74, 6) is 0.826. The van der Waals surface area contributed by atoms with Crippen molar-refractivity contribution in [3.05, 3.63) is 64.6 Å². The first kappa shape index (κ1) is 18.5. The number of benzene rings is 2. The van der Waals surface area contributed by atoms with Crippen LogP contribution in [0.5, 0.6) is 11.5 Å². The fraction of sp³-hybridized carbons (Fsp3) is 0.105. The van der Waals surface area contributed by atoms with Crippen LogP contribution in [0.2, 0.25) is 0 Å². The van der Waals surface area contributed by atoms with Gasteiger partial charge >= 0.3 is 0 Å². The molecule has 1 saturated heterocycles. The van der Waals surface area contributed by atoms with Crippen LogP contribution in [-0.4, -0.2) is 35.8 Å². The lowest BCUT2D eigenvalue weighted by molar-refractivity contribution is -0.115. The maximum atomic E-state index is 11.6. The summed E-state index contributed by atoms with van der Waals surface area (Å²) in [6.45, 7) is 0.0663. The van der Waals surface area contributed by atoms with E-state index in [-0.39, 0.29) is 11.8 Å². The van der Waals surface area contributed by atoms with E-state index < -0.39 is 5.91 Å². The Kier molecular flexibility index (Phi) is 5.77. The molecule has 1 heterocycles. The lowest BCUT2D eigenvalue weighted by atomic mass is 10.1. The number of hydrogen-bond donors (Lipinski definition) is 2. The van der Waals surface area contributed by atoms with Gasteiger partial charge in [0, 0.05) is 5.56 Å². The number of imide groups is 1. The minimum atomic E-state index is -0.396. The molecule has 2 aromatic carbocycles. The molecule has 27 heavy (non-hydrogen) atoms. The molecule has 0 saturated carbocycles. The Balaban J connectivity index is 1.65. The minimum Gasteiger partial charge on any atom is -0.497 e. The molecular weight excluding hydrogens is 368 g/mol. The van der Waals surface area contributed by atoms with E-state index in [2.05, 4.69) is 10.5 Å². The van der Waals surface area contributed by atoms with Gasteiger partial charge in [-0.1, -0.05) is 29.4 Å². The van der Waals surface area contributed by atoms with E-state index in [1.165, 1.54) is 0 Å². The molecule has 2 aromatic rings. The normalized spacial score (nSPS) is 15.7. The van der Waals surface area contributed by atoms with Crippen LogP contribution in [-0.2, 0) is 4.79 Å². The second kappa shape index (κ2) is 8.41. The van der Waals surface area contributed by atoms with E-state index in [1.807, 2.05) is 0 Å². The first-order chi connectivity index (χ1) is 13.1. The van der Waals surface area contributed by atoms with Crippen molar-refractivity contribution in [1.29, 1.82) is 0 Å².